The maximum absolute atomic E-state index is 12.1. The second-order valence-electron chi connectivity index (χ2n) is 6.00. The minimum Gasteiger partial charge on any atom is -0.497 e. The van der Waals surface area contributed by atoms with Crippen LogP contribution in [0, 0.1) is 0 Å². The van der Waals surface area contributed by atoms with Crippen LogP contribution in [-0.4, -0.2) is 39.4 Å². The van der Waals surface area contributed by atoms with Crippen molar-refractivity contribution < 1.29 is 17.9 Å². The second kappa shape index (κ2) is 9.68. The van der Waals surface area contributed by atoms with Crippen LogP contribution >= 0.6 is 11.3 Å². The fourth-order valence-electron chi connectivity index (χ4n) is 2.48. The minimum atomic E-state index is -3.39. The zero-order valence-corrected chi connectivity index (χ0v) is 17.1. The number of nitrogens with zero attached hydrogens (tertiary/aromatic N) is 1. The largest absolute Gasteiger partial charge is 0.497 e. The third-order valence-electron chi connectivity index (χ3n) is 3.96. The molecule has 0 unspecified atom stereocenters. The highest BCUT2D eigenvalue weighted by molar-refractivity contribution is 7.89. The number of benzene rings is 2. The summed E-state index contributed by atoms with van der Waals surface area (Å²) in [6, 6.07) is 16.8. The Hall–Kier alpha value is -2.42. The van der Waals surface area contributed by atoms with Crippen LogP contribution in [0.15, 0.2) is 60.0 Å². The Labute approximate surface area is 169 Å². The molecule has 0 saturated carbocycles. The van der Waals surface area contributed by atoms with Gasteiger partial charge in [0.2, 0.25) is 10.0 Å². The summed E-state index contributed by atoms with van der Waals surface area (Å²) >= 11 is 1.54. The lowest BCUT2D eigenvalue weighted by molar-refractivity contribution is 0.340. The van der Waals surface area contributed by atoms with Gasteiger partial charge in [-0.3, -0.25) is 0 Å². The molecule has 8 heteroatoms. The van der Waals surface area contributed by atoms with Gasteiger partial charge in [0.1, 0.15) is 23.1 Å². The molecule has 2 aromatic carbocycles. The van der Waals surface area contributed by atoms with Gasteiger partial charge in [-0.1, -0.05) is 18.2 Å². The molecule has 0 saturated heterocycles. The molecule has 3 aromatic rings. The number of methoxy groups -OCH3 is 1. The Morgan fingerprint density at radius 1 is 1.04 bits per heavy atom. The highest BCUT2D eigenvalue weighted by Crippen LogP contribution is 2.25. The first-order valence-corrected chi connectivity index (χ1v) is 11.3. The molecule has 0 radical (unpaired) electrons. The SMILES string of the molecule is COc1ccc(-c2nc(CCNS(=O)(=O)CCOc3ccccc3)cs2)cc1. The van der Waals surface area contributed by atoms with E-state index in [0.29, 0.717) is 18.7 Å². The van der Waals surface area contributed by atoms with Crippen molar-refractivity contribution in [1.29, 1.82) is 0 Å². The van der Waals surface area contributed by atoms with E-state index in [1.807, 2.05) is 47.8 Å². The van der Waals surface area contributed by atoms with Crippen molar-refractivity contribution in [3.05, 3.63) is 65.7 Å². The van der Waals surface area contributed by atoms with Gasteiger partial charge in [-0.25, -0.2) is 18.1 Å². The van der Waals surface area contributed by atoms with Crippen LogP contribution in [0.2, 0.25) is 0 Å². The summed E-state index contributed by atoms with van der Waals surface area (Å²) < 4.78 is 37.3. The first-order chi connectivity index (χ1) is 13.6. The van der Waals surface area contributed by atoms with Crippen LogP contribution in [-0.2, 0) is 16.4 Å². The molecule has 0 aliphatic rings. The first-order valence-electron chi connectivity index (χ1n) is 8.80. The number of thiazole rings is 1. The molecule has 1 heterocycles. The number of hydrogen-bond donors (Lipinski definition) is 1. The van der Waals surface area contributed by atoms with Crippen molar-refractivity contribution in [2.75, 3.05) is 26.0 Å². The van der Waals surface area contributed by atoms with E-state index in [4.69, 9.17) is 9.47 Å². The molecule has 0 fully saturated rings. The Bertz CT molecular complexity index is 971. The molecule has 0 aliphatic carbocycles. The Morgan fingerprint density at radius 3 is 2.50 bits per heavy atom. The maximum atomic E-state index is 12.1. The Balaban J connectivity index is 1.44. The van der Waals surface area contributed by atoms with Crippen LogP contribution in [0.25, 0.3) is 10.6 Å². The number of nitrogens with one attached hydrogen (secondary N) is 1. The van der Waals surface area contributed by atoms with Gasteiger partial charge in [0.25, 0.3) is 0 Å². The maximum Gasteiger partial charge on any atom is 0.214 e. The standard InChI is InChI=1S/C20H22N2O4S2/c1-25-18-9-7-16(8-10-18)20-22-17(15-27-20)11-12-21-28(23,24)14-13-26-19-5-3-2-4-6-19/h2-10,15,21H,11-14H2,1H3. The van der Waals surface area contributed by atoms with E-state index >= 15 is 0 Å². The fourth-order valence-corrected chi connectivity index (χ4v) is 4.20. The van der Waals surface area contributed by atoms with Crippen molar-refractivity contribution >= 4 is 21.4 Å². The lowest BCUT2D eigenvalue weighted by atomic mass is 10.2. The van der Waals surface area contributed by atoms with E-state index in [0.717, 1.165) is 22.0 Å². The number of para-hydroxylation sites is 1. The number of rotatable bonds is 10. The third kappa shape index (κ3) is 6.05. The summed E-state index contributed by atoms with van der Waals surface area (Å²) in [7, 11) is -1.76. The van der Waals surface area contributed by atoms with E-state index < -0.39 is 10.0 Å². The quantitative estimate of drug-likeness (QED) is 0.546. The van der Waals surface area contributed by atoms with Crippen molar-refractivity contribution in [1.82, 2.24) is 9.71 Å². The van der Waals surface area contributed by atoms with Gasteiger partial charge < -0.3 is 9.47 Å². The average molecular weight is 419 g/mol. The zero-order chi connectivity index (χ0) is 19.8. The lowest BCUT2D eigenvalue weighted by Crippen LogP contribution is -2.30. The van der Waals surface area contributed by atoms with Gasteiger partial charge in [0, 0.05) is 23.9 Å². The highest BCUT2D eigenvalue weighted by atomic mass is 32.2. The summed E-state index contributed by atoms with van der Waals surface area (Å²) in [6.45, 7) is 0.414. The molecule has 1 aromatic heterocycles. The molecule has 0 atom stereocenters. The van der Waals surface area contributed by atoms with Gasteiger partial charge in [-0.2, -0.15) is 0 Å². The van der Waals surface area contributed by atoms with Crippen LogP contribution in [0.4, 0.5) is 0 Å². The van der Waals surface area contributed by atoms with Crippen molar-refractivity contribution in [3.8, 4) is 22.1 Å². The summed E-state index contributed by atoms with van der Waals surface area (Å²) in [5, 5.41) is 2.85. The average Bonchev–Trinajstić information content (AvgIpc) is 3.17. The molecule has 28 heavy (non-hydrogen) atoms. The highest BCUT2D eigenvalue weighted by Gasteiger charge is 2.11. The van der Waals surface area contributed by atoms with Gasteiger partial charge >= 0.3 is 0 Å². The van der Waals surface area contributed by atoms with E-state index in [1.54, 1.807) is 19.2 Å². The van der Waals surface area contributed by atoms with Crippen LogP contribution in [0.1, 0.15) is 5.69 Å². The van der Waals surface area contributed by atoms with E-state index in [9.17, 15) is 8.42 Å². The van der Waals surface area contributed by atoms with Crippen molar-refractivity contribution in [2.45, 2.75) is 6.42 Å². The number of ether oxygens (including phenoxy) is 2. The summed E-state index contributed by atoms with van der Waals surface area (Å²) in [5.74, 6) is 1.37. The molecule has 0 spiro atoms. The fraction of sp³-hybridized carbons (Fsp3) is 0.250. The van der Waals surface area contributed by atoms with E-state index in [2.05, 4.69) is 9.71 Å². The van der Waals surface area contributed by atoms with Gasteiger partial charge in [0.15, 0.2) is 0 Å². The van der Waals surface area contributed by atoms with Gasteiger partial charge in [-0.15, -0.1) is 11.3 Å². The molecule has 0 aliphatic heterocycles. The summed E-state index contributed by atoms with van der Waals surface area (Å²) in [6.07, 6.45) is 0.533. The van der Waals surface area contributed by atoms with Gasteiger partial charge in [-0.05, 0) is 36.4 Å². The van der Waals surface area contributed by atoms with Crippen molar-refractivity contribution in [3.63, 3.8) is 0 Å². The topological polar surface area (TPSA) is 77.5 Å². The number of hydrogen-bond acceptors (Lipinski definition) is 6. The first kappa shape index (κ1) is 20.3. The van der Waals surface area contributed by atoms with Crippen LogP contribution in [0.5, 0.6) is 11.5 Å². The molecule has 0 amide bonds. The molecule has 6 nitrogen and oxygen atoms in total. The number of aromatic nitrogens is 1. The second-order valence-corrected chi connectivity index (χ2v) is 8.78. The smallest absolute Gasteiger partial charge is 0.214 e. The summed E-state index contributed by atoms with van der Waals surface area (Å²) in [5.41, 5.74) is 1.87. The third-order valence-corrected chi connectivity index (χ3v) is 6.24. The Kier molecular flexibility index (Phi) is 7.02. The molecular formula is C20H22N2O4S2. The zero-order valence-electron chi connectivity index (χ0n) is 15.5. The summed E-state index contributed by atoms with van der Waals surface area (Å²) in [4.78, 5) is 4.58. The molecule has 3 rings (SSSR count). The monoisotopic (exact) mass is 418 g/mol. The van der Waals surface area contributed by atoms with Gasteiger partial charge in [0.05, 0.1) is 18.6 Å². The lowest BCUT2D eigenvalue weighted by Gasteiger charge is -2.08. The van der Waals surface area contributed by atoms with E-state index in [1.165, 1.54) is 11.3 Å². The Morgan fingerprint density at radius 2 is 1.79 bits per heavy atom. The minimum absolute atomic E-state index is 0.0872. The molecular weight excluding hydrogens is 396 g/mol. The van der Waals surface area contributed by atoms with E-state index in [-0.39, 0.29) is 12.4 Å². The molecule has 1 N–H and O–H groups in total. The van der Waals surface area contributed by atoms with Crippen molar-refractivity contribution in [2.24, 2.45) is 0 Å². The van der Waals surface area contributed by atoms with Crippen LogP contribution in [0.3, 0.4) is 0 Å². The molecule has 148 valence electrons. The normalized spacial score (nSPS) is 11.3. The predicted molar refractivity (Wildman–Crippen MR) is 112 cm³/mol. The molecule has 0 bridgehead atoms. The number of sulfonamides is 1. The van der Waals surface area contributed by atoms with Crippen LogP contribution < -0.4 is 14.2 Å². The predicted octanol–water partition coefficient (Wildman–Crippen LogP) is 3.36.